The van der Waals surface area contributed by atoms with E-state index in [1.54, 1.807) is 23.6 Å². The van der Waals surface area contributed by atoms with E-state index >= 15 is 0 Å². The summed E-state index contributed by atoms with van der Waals surface area (Å²) in [6, 6.07) is 14.3. The van der Waals surface area contributed by atoms with Gasteiger partial charge in [-0.15, -0.1) is 11.3 Å². The standard InChI is InChI=1S/C18H10ClFN2S/c19-12-4-5-15(20)14(9-12)18-13(2-1-7-21-18)11-3-6-16-17(8-11)23-10-22-16/h1-10H. The van der Waals surface area contributed by atoms with Crippen molar-refractivity contribution < 1.29 is 4.39 Å². The number of fused-ring (bicyclic) bond motifs is 1. The Morgan fingerprint density at radius 2 is 1.87 bits per heavy atom. The van der Waals surface area contributed by atoms with E-state index in [9.17, 15) is 4.39 Å². The molecule has 4 rings (SSSR count). The van der Waals surface area contributed by atoms with Gasteiger partial charge < -0.3 is 0 Å². The van der Waals surface area contributed by atoms with Gasteiger partial charge in [-0.3, -0.25) is 4.98 Å². The maximum atomic E-state index is 14.2. The third kappa shape index (κ3) is 2.60. The molecule has 0 radical (unpaired) electrons. The molecule has 0 amide bonds. The summed E-state index contributed by atoms with van der Waals surface area (Å²) < 4.78 is 15.3. The number of hydrogen-bond donors (Lipinski definition) is 0. The average molecular weight is 341 g/mol. The zero-order chi connectivity index (χ0) is 15.8. The molecular weight excluding hydrogens is 331 g/mol. The van der Waals surface area contributed by atoms with Crippen molar-refractivity contribution in [3.8, 4) is 22.4 Å². The molecule has 0 atom stereocenters. The van der Waals surface area contributed by atoms with Crippen molar-refractivity contribution >= 4 is 33.2 Å². The molecule has 0 aliphatic rings. The number of rotatable bonds is 2. The van der Waals surface area contributed by atoms with E-state index in [-0.39, 0.29) is 5.82 Å². The quantitative estimate of drug-likeness (QED) is 0.459. The molecule has 4 aromatic rings. The molecule has 0 N–H and O–H groups in total. The van der Waals surface area contributed by atoms with Crippen LogP contribution in [0.2, 0.25) is 5.02 Å². The number of benzene rings is 2. The van der Waals surface area contributed by atoms with Crippen molar-refractivity contribution in [1.29, 1.82) is 0 Å². The predicted molar refractivity (Wildman–Crippen MR) is 93.3 cm³/mol. The highest BCUT2D eigenvalue weighted by molar-refractivity contribution is 7.16. The fourth-order valence-electron chi connectivity index (χ4n) is 2.55. The topological polar surface area (TPSA) is 25.8 Å². The second-order valence-corrected chi connectivity index (χ2v) is 6.38. The molecule has 0 saturated heterocycles. The molecule has 0 aliphatic heterocycles. The van der Waals surface area contributed by atoms with E-state index in [1.807, 2.05) is 29.8 Å². The summed E-state index contributed by atoms with van der Waals surface area (Å²) >= 11 is 7.60. The molecule has 23 heavy (non-hydrogen) atoms. The van der Waals surface area contributed by atoms with E-state index < -0.39 is 0 Å². The molecule has 0 bridgehead atoms. The lowest BCUT2D eigenvalue weighted by Gasteiger charge is -2.10. The highest BCUT2D eigenvalue weighted by atomic mass is 35.5. The van der Waals surface area contributed by atoms with E-state index in [1.165, 1.54) is 12.1 Å². The Morgan fingerprint density at radius 3 is 2.78 bits per heavy atom. The van der Waals surface area contributed by atoms with Crippen molar-refractivity contribution in [1.82, 2.24) is 9.97 Å². The van der Waals surface area contributed by atoms with Crippen LogP contribution in [-0.2, 0) is 0 Å². The Bertz CT molecular complexity index is 1010. The van der Waals surface area contributed by atoms with Gasteiger partial charge in [-0.25, -0.2) is 9.37 Å². The molecule has 2 aromatic heterocycles. The maximum absolute atomic E-state index is 14.2. The third-order valence-electron chi connectivity index (χ3n) is 3.63. The van der Waals surface area contributed by atoms with Crippen LogP contribution in [0.15, 0.2) is 60.2 Å². The average Bonchev–Trinajstić information content (AvgIpc) is 3.05. The van der Waals surface area contributed by atoms with Gasteiger partial charge in [0, 0.05) is 22.3 Å². The summed E-state index contributed by atoms with van der Waals surface area (Å²) in [5.41, 5.74) is 5.59. The summed E-state index contributed by atoms with van der Waals surface area (Å²) in [4.78, 5) is 8.67. The first-order chi connectivity index (χ1) is 11.2. The fraction of sp³-hybridized carbons (Fsp3) is 0. The molecule has 112 valence electrons. The largest absolute Gasteiger partial charge is 0.255 e. The van der Waals surface area contributed by atoms with Crippen LogP contribution >= 0.6 is 22.9 Å². The van der Waals surface area contributed by atoms with Crippen LogP contribution in [0.5, 0.6) is 0 Å². The molecular formula is C18H10ClFN2S. The van der Waals surface area contributed by atoms with Gasteiger partial charge in [-0.2, -0.15) is 0 Å². The fourth-order valence-corrected chi connectivity index (χ4v) is 3.44. The third-order valence-corrected chi connectivity index (χ3v) is 4.66. The van der Waals surface area contributed by atoms with E-state index in [0.717, 1.165) is 21.3 Å². The van der Waals surface area contributed by atoms with E-state index in [0.29, 0.717) is 16.3 Å². The smallest absolute Gasteiger partial charge is 0.132 e. The zero-order valence-electron chi connectivity index (χ0n) is 11.8. The minimum Gasteiger partial charge on any atom is -0.255 e. The van der Waals surface area contributed by atoms with Crippen LogP contribution in [0.4, 0.5) is 4.39 Å². The van der Waals surface area contributed by atoms with Gasteiger partial charge in [0.05, 0.1) is 21.4 Å². The van der Waals surface area contributed by atoms with E-state index in [2.05, 4.69) is 16.0 Å². The van der Waals surface area contributed by atoms with Gasteiger partial charge in [-0.05, 0) is 42.0 Å². The molecule has 0 fully saturated rings. The summed E-state index contributed by atoms with van der Waals surface area (Å²) in [6.45, 7) is 0. The maximum Gasteiger partial charge on any atom is 0.132 e. The minimum absolute atomic E-state index is 0.340. The predicted octanol–water partition coefficient (Wildman–Crippen LogP) is 5.82. The zero-order valence-corrected chi connectivity index (χ0v) is 13.4. The lowest BCUT2D eigenvalue weighted by molar-refractivity contribution is 0.631. The SMILES string of the molecule is Fc1ccc(Cl)cc1-c1ncccc1-c1ccc2ncsc2c1. The first kappa shape index (κ1) is 14.3. The van der Waals surface area contributed by atoms with Crippen molar-refractivity contribution in [2.45, 2.75) is 0 Å². The van der Waals surface area contributed by atoms with Gasteiger partial charge in [-0.1, -0.05) is 23.7 Å². The Labute approximate surface area is 141 Å². The van der Waals surface area contributed by atoms with Crippen molar-refractivity contribution in [3.63, 3.8) is 0 Å². The van der Waals surface area contributed by atoms with Crippen LogP contribution in [0.3, 0.4) is 0 Å². The number of pyridine rings is 1. The Kier molecular flexibility index (Phi) is 3.56. The van der Waals surface area contributed by atoms with Gasteiger partial charge in [0.1, 0.15) is 5.82 Å². The normalized spacial score (nSPS) is 11.0. The molecule has 0 saturated carbocycles. The van der Waals surface area contributed by atoms with Crippen molar-refractivity contribution in [2.24, 2.45) is 0 Å². The molecule has 5 heteroatoms. The second-order valence-electron chi connectivity index (χ2n) is 5.06. The monoisotopic (exact) mass is 340 g/mol. The summed E-state index contributed by atoms with van der Waals surface area (Å²) in [6.07, 6.45) is 1.66. The molecule has 0 aliphatic carbocycles. The van der Waals surface area contributed by atoms with Crippen LogP contribution in [0.1, 0.15) is 0 Å². The number of hydrogen-bond acceptors (Lipinski definition) is 3. The highest BCUT2D eigenvalue weighted by Gasteiger charge is 2.13. The van der Waals surface area contributed by atoms with Gasteiger partial charge >= 0.3 is 0 Å². The Morgan fingerprint density at radius 1 is 0.957 bits per heavy atom. The second kappa shape index (κ2) is 5.72. The Hall–Kier alpha value is -2.30. The number of thiazole rings is 1. The summed E-state index contributed by atoms with van der Waals surface area (Å²) in [5.74, 6) is -0.340. The van der Waals surface area contributed by atoms with Gasteiger partial charge in [0.25, 0.3) is 0 Å². The van der Waals surface area contributed by atoms with Crippen LogP contribution in [-0.4, -0.2) is 9.97 Å². The van der Waals surface area contributed by atoms with Crippen LogP contribution in [0.25, 0.3) is 32.6 Å². The van der Waals surface area contributed by atoms with Crippen LogP contribution in [0, 0.1) is 5.82 Å². The number of aromatic nitrogens is 2. The Balaban J connectivity index is 1.94. The van der Waals surface area contributed by atoms with Gasteiger partial charge in [0.2, 0.25) is 0 Å². The molecule has 2 nitrogen and oxygen atoms in total. The van der Waals surface area contributed by atoms with E-state index in [4.69, 9.17) is 11.6 Å². The van der Waals surface area contributed by atoms with Gasteiger partial charge in [0.15, 0.2) is 0 Å². The van der Waals surface area contributed by atoms with Crippen molar-refractivity contribution in [2.75, 3.05) is 0 Å². The lowest BCUT2D eigenvalue weighted by atomic mass is 9.99. The molecule has 2 heterocycles. The van der Waals surface area contributed by atoms with Crippen molar-refractivity contribution in [3.05, 3.63) is 71.1 Å². The minimum atomic E-state index is -0.340. The summed E-state index contributed by atoms with van der Waals surface area (Å²) in [7, 11) is 0. The molecule has 0 spiro atoms. The number of halogens is 2. The first-order valence-corrected chi connectivity index (χ1v) is 8.22. The number of nitrogens with zero attached hydrogens (tertiary/aromatic N) is 2. The molecule has 2 aromatic carbocycles. The highest BCUT2D eigenvalue weighted by Crippen LogP contribution is 2.34. The molecule has 0 unspecified atom stereocenters. The lowest BCUT2D eigenvalue weighted by Crippen LogP contribution is -1.92. The first-order valence-electron chi connectivity index (χ1n) is 6.96. The van der Waals surface area contributed by atoms with Crippen LogP contribution < -0.4 is 0 Å². The summed E-state index contributed by atoms with van der Waals surface area (Å²) in [5, 5.41) is 0.482.